The highest BCUT2D eigenvalue weighted by Gasteiger charge is 2.09. The van der Waals surface area contributed by atoms with Crippen LogP contribution < -0.4 is 5.32 Å². The molecule has 0 amide bonds. The van der Waals surface area contributed by atoms with Crippen LogP contribution in [-0.4, -0.2) is 34.7 Å². The van der Waals surface area contributed by atoms with Gasteiger partial charge in [0.1, 0.15) is 11.9 Å². The van der Waals surface area contributed by atoms with Gasteiger partial charge < -0.3 is 10.4 Å². The van der Waals surface area contributed by atoms with Crippen molar-refractivity contribution in [3.63, 3.8) is 0 Å². The van der Waals surface area contributed by atoms with Crippen LogP contribution in [0.5, 0.6) is 0 Å². The third-order valence-electron chi connectivity index (χ3n) is 2.15. The average molecular weight is 272 g/mol. The minimum absolute atomic E-state index is 0.122. The van der Waals surface area contributed by atoms with Gasteiger partial charge in [0.25, 0.3) is 0 Å². The van der Waals surface area contributed by atoms with Crippen molar-refractivity contribution in [3.05, 3.63) is 22.8 Å². The Morgan fingerprint density at radius 2 is 2.41 bits per heavy atom. The third-order valence-corrected chi connectivity index (χ3v) is 3.19. The summed E-state index contributed by atoms with van der Waals surface area (Å²) in [5.74, 6) is 1.48. The lowest BCUT2D eigenvalue weighted by Gasteiger charge is -2.17. The first-order chi connectivity index (χ1) is 8.21. The Morgan fingerprint density at radius 3 is 3.00 bits per heavy atom. The maximum absolute atomic E-state index is 8.94. The number of thioether (sulfide) groups is 1. The highest BCUT2D eigenvalue weighted by molar-refractivity contribution is 7.98. The van der Waals surface area contributed by atoms with Gasteiger partial charge in [0, 0.05) is 18.4 Å². The second-order valence-corrected chi connectivity index (χ2v) is 4.77. The summed E-state index contributed by atoms with van der Waals surface area (Å²) in [7, 11) is 0. The molecule has 1 atom stereocenters. The van der Waals surface area contributed by atoms with E-state index in [0.717, 1.165) is 5.75 Å². The van der Waals surface area contributed by atoms with Crippen molar-refractivity contribution in [2.75, 3.05) is 23.9 Å². The predicted molar refractivity (Wildman–Crippen MR) is 71.5 cm³/mol. The first-order valence-electron chi connectivity index (χ1n) is 5.14. The summed E-state index contributed by atoms with van der Waals surface area (Å²) in [6.07, 6.45) is 2.65. The van der Waals surface area contributed by atoms with Gasteiger partial charge >= 0.3 is 0 Å². The Kier molecular flexibility index (Phi) is 6.12. The summed E-state index contributed by atoms with van der Waals surface area (Å²) in [5, 5.41) is 21.3. The van der Waals surface area contributed by atoms with Gasteiger partial charge in [-0.3, -0.25) is 0 Å². The Balaban J connectivity index is 2.75. The highest BCUT2D eigenvalue weighted by atomic mass is 35.5. The smallest absolute Gasteiger partial charge is 0.161 e. The van der Waals surface area contributed by atoms with E-state index in [1.54, 1.807) is 23.9 Å². The van der Waals surface area contributed by atoms with Crippen LogP contribution in [0.15, 0.2) is 12.1 Å². The van der Waals surface area contributed by atoms with Crippen LogP contribution in [0.2, 0.25) is 5.02 Å². The van der Waals surface area contributed by atoms with Gasteiger partial charge in [-0.15, -0.1) is 0 Å². The van der Waals surface area contributed by atoms with Crippen LogP contribution in [-0.2, 0) is 0 Å². The number of nitrogens with one attached hydrogen (secondary N) is 1. The fraction of sp³-hybridized carbons (Fsp3) is 0.455. The van der Waals surface area contributed by atoms with Gasteiger partial charge in [-0.05, 0) is 24.8 Å². The van der Waals surface area contributed by atoms with Crippen molar-refractivity contribution < 1.29 is 5.11 Å². The van der Waals surface area contributed by atoms with Crippen molar-refractivity contribution in [1.82, 2.24) is 4.98 Å². The van der Waals surface area contributed by atoms with Crippen molar-refractivity contribution in [3.8, 4) is 6.07 Å². The van der Waals surface area contributed by atoms with Gasteiger partial charge in [0.15, 0.2) is 5.69 Å². The maximum atomic E-state index is 8.94. The SMILES string of the molecule is CSCC(CCO)Nc1ccc(Cl)c(C#N)n1. The number of aromatic nitrogens is 1. The summed E-state index contributed by atoms with van der Waals surface area (Å²) in [5.41, 5.74) is 0.212. The van der Waals surface area contributed by atoms with Crippen LogP contribution in [0.25, 0.3) is 0 Å². The average Bonchev–Trinajstić information content (AvgIpc) is 2.32. The summed E-state index contributed by atoms with van der Waals surface area (Å²) in [6.45, 7) is 0.122. The Morgan fingerprint density at radius 1 is 1.65 bits per heavy atom. The van der Waals surface area contributed by atoms with Crippen molar-refractivity contribution in [2.24, 2.45) is 0 Å². The molecule has 0 fully saturated rings. The fourth-order valence-corrected chi connectivity index (χ4v) is 2.16. The molecule has 0 aliphatic carbocycles. The Labute approximate surface area is 110 Å². The minimum atomic E-state index is 0.122. The summed E-state index contributed by atoms with van der Waals surface area (Å²) < 4.78 is 0. The molecule has 2 N–H and O–H groups in total. The highest BCUT2D eigenvalue weighted by Crippen LogP contribution is 2.17. The first kappa shape index (κ1) is 14.1. The number of nitriles is 1. The molecule has 0 saturated carbocycles. The largest absolute Gasteiger partial charge is 0.396 e. The number of nitrogens with zero attached hydrogens (tertiary/aromatic N) is 2. The number of pyridine rings is 1. The molecule has 1 heterocycles. The lowest BCUT2D eigenvalue weighted by Crippen LogP contribution is -2.24. The van der Waals surface area contributed by atoms with E-state index in [1.807, 2.05) is 12.3 Å². The topological polar surface area (TPSA) is 68.9 Å². The molecular formula is C11H14ClN3OS. The van der Waals surface area contributed by atoms with Crippen molar-refractivity contribution in [1.29, 1.82) is 5.26 Å². The molecule has 1 aromatic rings. The molecule has 0 radical (unpaired) electrons. The molecule has 0 spiro atoms. The molecule has 0 bridgehead atoms. The summed E-state index contributed by atoms with van der Waals surface area (Å²) >= 11 is 7.49. The van der Waals surface area contributed by atoms with Crippen LogP contribution in [0.1, 0.15) is 12.1 Å². The standard InChI is InChI=1S/C11H14ClN3OS/c1-17-7-8(4-5-16)14-11-3-2-9(12)10(6-13)15-11/h2-3,8,16H,4-5,7H2,1H3,(H,14,15). The molecule has 1 unspecified atom stereocenters. The number of anilines is 1. The van der Waals surface area contributed by atoms with E-state index in [1.165, 1.54) is 0 Å². The molecule has 4 nitrogen and oxygen atoms in total. The Bertz CT molecular complexity index is 402. The molecule has 92 valence electrons. The molecule has 0 aliphatic rings. The van der Waals surface area contributed by atoms with Gasteiger partial charge in [0.05, 0.1) is 5.02 Å². The van der Waals surface area contributed by atoms with E-state index in [9.17, 15) is 0 Å². The zero-order chi connectivity index (χ0) is 12.7. The van der Waals surface area contributed by atoms with Crippen LogP contribution >= 0.6 is 23.4 Å². The number of aliphatic hydroxyl groups excluding tert-OH is 1. The van der Waals surface area contributed by atoms with Crippen molar-refractivity contribution in [2.45, 2.75) is 12.5 Å². The third kappa shape index (κ3) is 4.43. The number of aliphatic hydroxyl groups is 1. The molecule has 1 rings (SSSR count). The van der Waals surface area contributed by atoms with E-state index in [-0.39, 0.29) is 18.3 Å². The summed E-state index contributed by atoms with van der Waals surface area (Å²) in [6, 6.07) is 5.44. The minimum Gasteiger partial charge on any atom is -0.396 e. The second kappa shape index (κ2) is 7.38. The van der Waals surface area contributed by atoms with E-state index in [0.29, 0.717) is 17.3 Å². The van der Waals surface area contributed by atoms with Gasteiger partial charge in [-0.25, -0.2) is 4.98 Å². The first-order valence-corrected chi connectivity index (χ1v) is 6.91. The quantitative estimate of drug-likeness (QED) is 0.830. The number of hydrogen-bond donors (Lipinski definition) is 2. The maximum Gasteiger partial charge on any atom is 0.161 e. The fourth-order valence-electron chi connectivity index (χ4n) is 1.36. The van der Waals surface area contributed by atoms with Crippen LogP contribution in [0.3, 0.4) is 0 Å². The van der Waals surface area contributed by atoms with E-state index >= 15 is 0 Å². The molecule has 0 aromatic carbocycles. The van der Waals surface area contributed by atoms with Crippen LogP contribution in [0.4, 0.5) is 5.82 Å². The lowest BCUT2D eigenvalue weighted by molar-refractivity contribution is 0.282. The molecular weight excluding hydrogens is 258 g/mol. The van der Waals surface area contributed by atoms with Gasteiger partial charge in [0.2, 0.25) is 0 Å². The van der Waals surface area contributed by atoms with Gasteiger partial charge in [-0.1, -0.05) is 11.6 Å². The van der Waals surface area contributed by atoms with E-state index in [4.69, 9.17) is 22.0 Å². The molecule has 17 heavy (non-hydrogen) atoms. The van der Waals surface area contributed by atoms with Gasteiger partial charge in [-0.2, -0.15) is 17.0 Å². The number of hydrogen-bond acceptors (Lipinski definition) is 5. The molecule has 1 aromatic heterocycles. The predicted octanol–water partition coefficient (Wildman–Crippen LogP) is 2.13. The summed E-state index contributed by atoms with van der Waals surface area (Å²) in [4.78, 5) is 4.10. The van der Waals surface area contributed by atoms with E-state index < -0.39 is 0 Å². The Hall–Kier alpha value is -0.960. The van der Waals surface area contributed by atoms with E-state index in [2.05, 4.69) is 10.3 Å². The second-order valence-electron chi connectivity index (χ2n) is 3.45. The number of halogens is 1. The molecule has 6 heteroatoms. The normalized spacial score (nSPS) is 11.9. The zero-order valence-electron chi connectivity index (χ0n) is 9.48. The number of rotatable bonds is 6. The molecule has 0 aliphatic heterocycles. The zero-order valence-corrected chi connectivity index (χ0v) is 11.1. The van der Waals surface area contributed by atoms with Crippen LogP contribution in [0, 0.1) is 11.3 Å². The molecule has 0 saturated heterocycles. The lowest BCUT2D eigenvalue weighted by atomic mass is 10.2. The van der Waals surface area contributed by atoms with Crippen molar-refractivity contribution >= 4 is 29.2 Å². The monoisotopic (exact) mass is 271 g/mol.